The molecule has 0 aliphatic heterocycles. The predicted octanol–water partition coefficient (Wildman–Crippen LogP) is 3.32. The first-order chi connectivity index (χ1) is 10.8. The smallest absolute Gasteiger partial charge is 0.207 e. The van der Waals surface area contributed by atoms with Crippen molar-refractivity contribution in [3.05, 3.63) is 47.3 Å². The van der Waals surface area contributed by atoms with Crippen molar-refractivity contribution in [3.63, 3.8) is 0 Å². The van der Waals surface area contributed by atoms with Crippen LogP contribution in [0, 0.1) is 13.8 Å². The van der Waals surface area contributed by atoms with Crippen molar-refractivity contribution in [3.8, 4) is 0 Å². The molecule has 1 atom stereocenters. The summed E-state index contributed by atoms with van der Waals surface area (Å²) < 4.78 is 54.1. The van der Waals surface area contributed by atoms with E-state index in [2.05, 4.69) is 9.82 Å². The van der Waals surface area contributed by atoms with E-state index in [0.29, 0.717) is 11.1 Å². The van der Waals surface area contributed by atoms with Gasteiger partial charge in [-0.05, 0) is 25.8 Å². The van der Waals surface area contributed by atoms with Gasteiger partial charge in [-0.2, -0.15) is 13.9 Å². The van der Waals surface area contributed by atoms with Crippen molar-refractivity contribution >= 4 is 10.0 Å². The highest BCUT2D eigenvalue weighted by molar-refractivity contribution is 7.89. The Bertz CT molecular complexity index is 774. The maximum absolute atomic E-state index is 12.9. The molecule has 1 aromatic heterocycles. The summed E-state index contributed by atoms with van der Waals surface area (Å²) in [4.78, 5) is -0.188. The third kappa shape index (κ3) is 3.59. The van der Waals surface area contributed by atoms with Crippen molar-refractivity contribution < 1.29 is 17.2 Å². The number of aryl methyl sites for hydroxylation is 1. The van der Waals surface area contributed by atoms with Crippen molar-refractivity contribution in [2.75, 3.05) is 0 Å². The lowest BCUT2D eigenvalue weighted by Gasteiger charge is -2.17. The maximum Gasteiger partial charge on any atom is 0.333 e. The van der Waals surface area contributed by atoms with Gasteiger partial charge in [-0.3, -0.25) is 0 Å². The molecule has 23 heavy (non-hydrogen) atoms. The Labute approximate surface area is 134 Å². The van der Waals surface area contributed by atoms with Crippen LogP contribution >= 0.6 is 0 Å². The third-order valence-electron chi connectivity index (χ3n) is 3.62. The number of hydrogen-bond donors (Lipinski definition) is 1. The molecule has 0 spiro atoms. The summed E-state index contributed by atoms with van der Waals surface area (Å²) in [6.45, 7) is 1.70. The van der Waals surface area contributed by atoms with Gasteiger partial charge >= 0.3 is 6.55 Å². The highest BCUT2D eigenvalue weighted by Crippen LogP contribution is 2.26. The summed E-state index contributed by atoms with van der Waals surface area (Å²) in [5.41, 5.74) is 0.793. The standard InChI is InChI=1S/C15H19F2N3O2S/c1-4-13(12-8-6-5-7-9-12)19-23(21,22)14-10(2)18-20(11(14)3)15(16)17/h5-9,13,15,19H,4H2,1-3H3. The maximum atomic E-state index is 12.9. The van der Waals surface area contributed by atoms with E-state index in [1.165, 1.54) is 13.8 Å². The van der Waals surface area contributed by atoms with Crippen LogP contribution in [0.2, 0.25) is 0 Å². The molecule has 0 saturated heterocycles. The molecule has 2 rings (SSSR count). The van der Waals surface area contributed by atoms with Crippen molar-refractivity contribution in [1.29, 1.82) is 0 Å². The number of hydrogen-bond acceptors (Lipinski definition) is 3. The number of nitrogens with one attached hydrogen (secondary N) is 1. The molecule has 0 aliphatic carbocycles. The normalized spacial score (nSPS) is 13.5. The Morgan fingerprint density at radius 2 is 1.83 bits per heavy atom. The zero-order valence-electron chi connectivity index (χ0n) is 13.1. The Morgan fingerprint density at radius 1 is 1.22 bits per heavy atom. The number of nitrogens with zero attached hydrogens (tertiary/aromatic N) is 2. The van der Waals surface area contributed by atoms with Crippen molar-refractivity contribution in [1.82, 2.24) is 14.5 Å². The van der Waals surface area contributed by atoms with Gasteiger partial charge in [0.2, 0.25) is 10.0 Å². The van der Waals surface area contributed by atoms with Crippen molar-refractivity contribution in [2.24, 2.45) is 0 Å². The first-order valence-electron chi connectivity index (χ1n) is 7.19. The lowest BCUT2D eigenvalue weighted by atomic mass is 10.1. The Kier molecular flexibility index (Phi) is 5.16. The molecule has 1 N–H and O–H groups in total. The molecule has 1 aromatic carbocycles. The van der Waals surface area contributed by atoms with Crippen LogP contribution in [-0.2, 0) is 10.0 Å². The van der Waals surface area contributed by atoms with Crippen LogP contribution in [0.25, 0.3) is 0 Å². The second kappa shape index (κ2) is 6.76. The minimum Gasteiger partial charge on any atom is -0.207 e. The molecule has 1 unspecified atom stereocenters. The average molecular weight is 343 g/mol. The topological polar surface area (TPSA) is 64.0 Å². The van der Waals surface area contributed by atoms with Gasteiger partial charge in [0.25, 0.3) is 0 Å². The van der Waals surface area contributed by atoms with Crippen LogP contribution in [0.4, 0.5) is 8.78 Å². The van der Waals surface area contributed by atoms with E-state index in [1.807, 2.05) is 37.3 Å². The number of sulfonamides is 1. The summed E-state index contributed by atoms with van der Waals surface area (Å²) in [7, 11) is -3.96. The molecule has 5 nitrogen and oxygen atoms in total. The number of rotatable bonds is 6. The minimum atomic E-state index is -3.96. The van der Waals surface area contributed by atoms with Gasteiger partial charge < -0.3 is 0 Å². The Morgan fingerprint density at radius 3 is 2.30 bits per heavy atom. The van der Waals surface area contributed by atoms with Crippen LogP contribution in [-0.4, -0.2) is 18.2 Å². The highest BCUT2D eigenvalue weighted by atomic mass is 32.2. The van der Waals surface area contributed by atoms with Crippen molar-refractivity contribution in [2.45, 2.75) is 44.7 Å². The lowest BCUT2D eigenvalue weighted by Crippen LogP contribution is -2.29. The van der Waals surface area contributed by atoms with E-state index >= 15 is 0 Å². The molecule has 0 radical (unpaired) electrons. The molecule has 0 amide bonds. The summed E-state index contributed by atoms with van der Waals surface area (Å²) in [6.07, 6.45) is 0.532. The molecular weight excluding hydrogens is 324 g/mol. The molecule has 0 aliphatic rings. The lowest BCUT2D eigenvalue weighted by molar-refractivity contribution is 0.0538. The first-order valence-corrected chi connectivity index (χ1v) is 8.67. The summed E-state index contributed by atoms with van der Waals surface area (Å²) in [5.74, 6) is 0. The van der Waals surface area contributed by atoms with Gasteiger partial charge in [-0.15, -0.1) is 0 Å². The van der Waals surface area contributed by atoms with Crippen LogP contribution in [0.5, 0.6) is 0 Å². The fraction of sp³-hybridized carbons (Fsp3) is 0.400. The molecular formula is C15H19F2N3O2S. The SMILES string of the molecule is CCC(NS(=O)(=O)c1c(C)nn(C(F)F)c1C)c1ccccc1. The third-order valence-corrected chi connectivity index (χ3v) is 5.34. The fourth-order valence-corrected chi connectivity index (χ4v) is 4.25. The highest BCUT2D eigenvalue weighted by Gasteiger charge is 2.29. The molecule has 126 valence electrons. The average Bonchev–Trinajstić information content (AvgIpc) is 2.81. The van der Waals surface area contributed by atoms with E-state index in [0.717, 1.165) is 5.56 Å². The molecule has 0 saturated carbocycles. The van der Waals surface area contributed by atoms with Gasteiger partial charge in [-0.25, -0.2) is 17.8 Å². The number of benzene rings is 1. The van der Waals surface area contributed by atoms with E-state index < -0.39 is 22.6 Å². The Balaban J connectivity index is 2.39. The van der Waals surface area contributed by atoms with Crippen LogP contribution < -0.4 is 4.72 Å². The molecule has 8 heteroatoms. The zero-order valence-corrected chi connectivity index (χ0v) is 13.9. The zero-order chi connectivity index (χ0) is 17.2. The largest absolute Gasteiger partial charge is 0.333 e. The van der Waals surface area contributed by atoms with Crippen LogP contribution in [0.3, 0.4) is 0 Å². The summed E-state index contributed by atoms with van der Waals surface area (Å²) in [5, 5.41) is 3.63. The minimum absolute atomic E-state index is 0.0539. The monoisotopic (exact) mass is 343 g/mol. The van der Waals surface area contributed by atoms with Gasteiger partial charge in [0.05, 0.1) is 11.4 Å². The summed E-state index contributed by atoms with van der Waals surface area (Å²) >= 11 is 0. The quantitative estimate of drug-likeness (QED) is 0.875. The first kappa shape index (κ1) is 17.6. The van der Waals surface area contributed by atoms with E-state index in [4.69, 9.17) is 0 Å². The molecule has 0 fully saturated rings. The summed E-state index contributed by atoms with van der Waals surface area (Å²) in [6, 6.07) is 8.67. The fourth-order valence-electron chi connectivity index (χ4n) is 2.55. The van der Waals surface area contributed by atoms with Gasteiger partial charge in [0, 0.05) is 6.04 Å². The van der Waals surface area contributed by atoms with Crippen LogP contribution in [0.15, 0.2) is 35.2 Å². The number of alkyl halides is 2. The molecule has 2 aromatic rings. The number of halogens is 2. The Hall–Kier alpha value is -1.80. The number of aromatic nitrogens is 2. The predicted molar refractivity (Wildman–Crippen MR) is 82.7 cm³/mol. The van der Waals surface area contributed by atoms with Gasteiger partial charge in [-0.1, -0.05) is 37.3 Å². The van der Waals surface area contributed by atoms with Gasteiger partial charge in [0.15, 0.2) is 0 Å². The van der Waals surface area contributed by atoms with E-state index in [-0.39, 0.29) is 16.3 Å². The van der Waals surface area contributed by atoms with E-state index in [1.54, 1.807) is 0 Å². The van der Waals surface area contributed by atoms with Gasteiger partial charge in [0.1, 0.15) is 4.90 Å². The van der Waals surface area contributed by atoms with Crippen LogP contribution in [0.1, 0.15) is 42.9 Å². The second-order valence-corrected chi connectivity index (χ2v) is 6.87. The molecule has 1 heterocycles. The van der Waals surface area contributed by atoms with E-state index in [9.17, 15) is 17.2 Å². The second-order valence-electron chi connectivity index (χ2n) is 5.21. The molecule has 0 bridgehead atoms.